The average Bonchev–Trinajstić information content (AvgIpc) is 2.64. The number of fused-ring (bicyclic) bond motifs is 1. The minimum absolute atomic E-state index is 0.230. The second-order valence-corrected chi connectivity index (χ2v) is 5.68. The SMILES string of the molecule is O=C(COc1cccc(F)c1)OCC(=O)N1CCCc2ccccc21. The van der Waals surface area contributed by atoms with Gasteiger partial charge in [-0.15, -0.1) is 0 Å². The fraction of sp³-hybridized carbons (Fsp3) is 0.263. The molecule has 0 N–H and O–H groups in total. The number of halogens is 1. The van der Waals surface area contributed by atoms with Crippen LogP contribution in [0, 0.1) is 5.82 Å². The summed E-state index contributed by atoms with van der Waals surface area (Å²) < 4.78 is 23.1. The fourth-order valence-corrected chi connectivity index (χ4v) is 2.75. The van der Waals surface area contributed by atoms with Crippen molar-refractivity contribution >= 4 is 17.6 Å². The van der Waals surface area contributed by atoms with Crippen molar-refractivity contribution in [2.24, 2.45) is 0 Å². The summed E-state index contributed by atoms with van der Waals surface area (Å²) >= 11 is 0. The van der Waals surface area contributed by atoms with Crippen LogP contribution >= 0.6 is 0 Å². The number of aryl methyl sites for hydroxylation is 1. The monoisotopic (exact) mass is 343 g/mol. The molecule has 0 unspecified atom stereocenters. The molecule has 0 spiro atoms. The molecular formula is C19H18FNO4. The molecule has 5 nitrogen and oxygen atoms in total. The Balaban J connectivity index is 1.50. The zero-order chi connectivity index (χ0) is 17.6. The van der Waals surface area contributed by atoms with Gasteiger partial charge >= 0.3 is 5.97 Å². The molecule has 0 bridgehead atoms. The molecule has 2 aromatic rings. The van der Waals surface area contributed by atoms with Crippen molar-refractivity contribution in [2.45, 2.75) is 12.8 Å². The highest BCUT2D eigenvalue weighted by molar-refractivity contribution is 5.96. The molecule has 0 atom stereocenters. The largest absolute Gasteiger partial charge is 0.482 e. The lowest BCUT2D eigenvalue weighted by molar-refractivity contribution is -0.149. The Hall–Kier alpha value is -2.89. The molecule has 130 valence electrons. The Bertz CT molecular complexity index is 778. The van der Waals surface area contributed by atoms with Crippen LogP contribution in [0.1, 0.15) is 12.0 Å². The van der Waals surface area contributed by atoms with Crippen molar-refractivity contribution in [3.63, 3.8) is 0 Å². The van der Waals surface area contributed by atoms with Crippen LogP contribution in [-0.2, 0) is 20.7 Å². The number of amides is 1. The maximum absolute atomic E-state index is 13.0. The standard InChI is InChI=1S/C19H18FNO4/c20-15-7-3-8-16(11-15)24-13-19(23)25-12-18(22)21-10-4-6-14-5-1-2-9-17(14)21/h1-3,5,7-9,11H,4,6,10,12-13H2. The van der Waals surface area contributed by atoms with E-state index in [-0.39, 0.29) is 24.9 Å². The highest BCUT2D eigenvalue weighted by Gasteiger charge is 2.23. The van der Waals surface area contributed by atoms with Crippen LogP contribution in [-0.4, -0.2) is 31.6 Å². The zero-order valence-corrected chi connectivity index (χ0v) is 13.6. The molecule has 0 saturated heterocycles. The van der Waals surface area contributed by atoms with Crippen LogP contribution in [0.25, 0.3) is 0 Å². The predicted molar refractivity (Wildman–Crippen MR) is 90.0 cm³/mol. The first-order valence-corrected chi connectivity index (χ1v) is 8.06. The molecule has 0 fully saturated rings. The highest BCUT2D eigenvalue weighted by atomic mass is 19.1. The van der Waals surface area contributed by atoms with Crippen LogP contribution in [0.5, 0.6) is 5.75 Å². The topological polar surface area (TPSA) is 55.8 Å². The van der Waals surface area contributed by atoms with E-state index in [1.165, 1.54) is 24.3 Å². The van der Waals surface area contributed by atoms with Crippen molar-refractivity contribution in [2.75, 3.05) is 24.7 Å². The first-order valence-electron chi connectivity index (χ1n) is 8.06. The molecule has 2 aromatic carbocycles. The average molecular weight is 343 g/mol. The molecule has 0 aromatic heterocycles. The number of para-hydroxylation sites is 1. The molecule has 1 heterocycles. The minimum atomic E-state index is -0.678. The Morgan fingerprint density at radius 1 is 1.08 bits per heavy atom. The van der Waals surface area contributed by atoms with E-state index in [4.69, 9.17) is 9.47 Å². The van der Waals surface area contributed by atoms with Gasteiger partial charge in [0.1, 0.15) is 11.6 Å². The molecule has 0 aliphatic carbocycles. The number of ether oxygens (including phenoxy) is 2. The third kappa shape index (κ3) is 4.35. The molecule has 25 heavy (non-hydrogen) atoms. The lowest BCUT2D eigenvalue weighted by Gasteiger charge is -2.29. The summed E-state index contributed by atoms with van der Waals surface area (Å²) in [5, 5.41) is 0. The van der Waals surface area contributed by atoms with Crippen LogP contribution < -0.4 is 9.64 Å². The van der Waals surface area contributed by atoms with Gasteiger partial charge in [-0.1, -0.05) is 24.3 Å². The van der Waals surface area contributed by atoms with Gasteiger partial charge in [0.15, 0.2) is 13.2 Å². The number of benzene rings is 2. The second-order valence-electron chi connectivity index (χ2n) is 5.68. The quantitative estimate of drug-likeness (QED) is 0.784. The van der Waals surface area contributed by atoms with E-state index in [2.05, 4.69) is 0 Å². The predicted octanol–water partition coefficient (Wildman–Crippen LogP) is 2.73. The molecule has 0 saturated carbocycles. The number of carbonyl (C=O) groups excluding carboxylic acids is 2. The van der Waals surface area contributed by atoms with E-state index < -0.39 is 11.8 Å². The van der Waals surface area contributed by atoms with E-state index in [1.807, 2.05) is 24.3 Å². The minimum Gasteiger partial charge on any atom is -0.482 e. The number of anilines is 1. The van der Waals surface area contributed by atoms with E-state index >= 15 is 0 Å². The summed E-state index contributed by atoms with van der Waals surface area (Å²) in [6.45, 7) is -0.125. The van der Waals surface area contributed by atoms with Gasteiger partial charge in [0.2, 0.25) is 0 Å². The zero-order valence-electron chi connectivity index (χ0n) is 13.6. The van der Waals surface area contributed by atoms with Gasteiger partial charge in [-0.25, -0.2) is 9.18 Å². The van der Waals surface area contributed by atoms with Crippen molar-refractivity contribution in [3.8, 4) is 5.75 Å². The molecular weight excluding hydrogens is 325 g/mol. The Morgan fingerprint density at radius 3 is 2.76 bits per heavy atom. The van der Waals surface area contributed by atoms with Gasteiger partial charge < -0.3 is 14.4 Å². The summed E-state index contributed by atoms with van der Waals surface area (Å²) in [6, 6.07) is 13.2. The van der Waals surface area contributed by atoms with E-state index in [9.17, 15) is 14.0 Å². The number of nitrogens with zero attached hydrogens (tertiary/aromatic N) is 1. The van der Waals surface area contributed by atoms with E-state index in [0.717, 1.165) is 24.1 Å². The lowest BCUT2D eigenvalue weighted by atomic mass is 10.0. The molecule has 1 aliphatic heterocycles. The molecule has 3 rings (SSSR count). The smallest absolute Gasteiger partial charge is 0.344 e. The Morgan fingerprint density at radius 2 is 1.92 bits per heavy atom. The second kappa shape index (κ2) is 7.79. The highest BCUT2D eigenvalue weighted by Crippen LogP contribution is 2.26. The van der Waals surface area contributed by atoms with Crippen LogP contribution in [0.2, 0.25) is 0 Å². The van der Waals surface area contributed by atoms with Gasteiger partial charge in [-0.3, -0.25) is 4.79 Å². The van der Waals surface area contributed by atoms with Crippen molar-refractivity contribution in [1.29, 1.82) is 0 Å². The number of rotatable bonds is 5. The van der Waals surface area contributed by atoms with E-state index in [1.54, 1.807) is 4.90 Å². The maximum Gasteiger partial charge on any atom is 0.344 e. The first-order chi connectivity index (χ1) is 12.1. The van der Waals surface area contributed by atoms with Gasteiger partial charge in [0.25, 0.3) is 5.91 Å². The number of hydrogen-bond acceptors (Lipinski definition) is 4. The van der Waals surface area contributed by atoms with Crippen LogP contribution in [0.4, 0.5) is 10.1 Å². The Kier molecular flexibility index (Phi) is 5.28. The molecule has 0 radical (unpaired) electrons. The molecule has 6 heteroatoms. The van der Waals surface area contributed by atoms with Gasteiger partial charge in [-0.05, 0) is 36.6 Å². The van der Waals surface area contributed by atoms with Gasteiger partial charge in [0.05, 0.1) is 0 Å². The number of carbonyl (C=O) groups is 2. The summed E-state index contributed by atoms with van der Waals surface area (Å²) in [5.74, 6) is -1.17. The molecule has 1 aliphatic rings. The van der Waals surface area contributed by atoms with Crippen LogP contribution in [0.15, 0.2) is 48.5 Å². The normalized spacial score (nSPS) is 13.1. The van der Waals surface area contributed by atoms with Gasteiger partial charge in [0, 0.05) is 18.3 Å². The summed E-state index contributed by atoms with van der Waals surface area (Å²) in [6.07, 6.45) is 1.81. The third-order valence-corrected chi connectivity index (χ3v) is 3.92. The number of esters is 1. The maximum atomic E-state index is 13.0. The summed E-state index contributed by atoms with van der Waals surface area (Å²) in [7, 11) is 0. The lowest BCUT2D eigenvalue weighted by Crippen LogP contribution is -2.38. The van der Waals surface area contributed by atoms with E-state index in [0.29, 0.717) is 6.54 Å². The first kappa shape index (κ1) is 17.0. The summed E-state index contributed by atoms with van der Waals surface area (Å²) in [4.78, 5) is 25.7. The Labute approximate surface area is 145 Å². The number of hydrogen-bond donors (Lipinski definition) is 0. The molecule has 1 amide bonds. The fourth-order valence-electron chi connectivity index (χ4n) is 2.75. The van der Waals surface area contributed by atoms with Crippen molar-refractivity contribution < 1.29 is 23.5 Å². The summed E-state index contributed by atoms with van der Waals surface area (Å²) in [5.41, 5.74) is 1.98. The van der Waals surface area contributed by atoms with Crippen LogP contribution in [0.3, 0.4) is 0 Å². The van der Waals surface area contributed by atoms with Crippen molar-refractivity contribution in [1.82, 2.24) is 0 Å². The van der Waals surface area contributed by atoms with Crippen molar-refractivity contribution in [3.05, 3.63) is 59.9 Å². The van der Waals surface area contributed by atoms with Gasteiger partial charge in [-0.2, -0.15) is 0 Å². The third-order valence-electron chi connectivity index (χ3n) is 3.92.